The first kappa shape index (κ1) is 24.5. The largest absolute Gasteiger partial charge is 0.371 e. The van der Waals surface area contributed by atoms with Crippen molar-refractivity contribution >= 4 is 30.6 Å². The number of benzene rings is 1. The van der Waals surface area contributed by atoms with Crippen molar-refractivity contribution in [3.63, 3.8) is 0 Å². The van der Waals surface area contributed by atoms with Gasteiger partial charge in [-0.25, -0.2) is 0 Å². The third kappa shape index (κ3) is 8.53. The fourth-order valence-electron chi connectivity index (χ4n) is 3.88. The molecule has 1 aromatic carbocycles. The summed E-state index contributed by atoms with van der Waals surface area (Å²) in [7, 11) is 1.78. The Balaban J connectivity index is 1.88. The highest BCUT2D eigenvalue weighted by molar-refractivity contribution is 7.80. The van der Waals surface area contributed by atoms with E-state index >= 15 is 0 Å². The molecule has 0 unspecified atom stereocenters. The number of allylic oxidation sites excluding steroid dienone is 5. The van der Waals surface area contributed by atoms with Crippen LogP contribution >= 0.6 is 12.6 Å². The Hall–Kier alpha value is -1.78. The van der Waals surface area contributed by atoms with Crippen LogP contribution in [0.4, 0.5) is 5.69 Å². The molecule has 0 spiro atoms. The Morgan fingerprint density at radius 1 is 1.17 bits per heavy atom. The topological polar surface area (TPSA) is 18.8 Å². The second-order valence-corrected chi connectivity index (χ2v) is 8.41. The highest BCUT2D eigenvalue weighted by Crippen LogP contribution is 2.24. The summed E-state index contributed by atoms with van der Waals surface area (Å²) in [6.45, 7) is 9.01. The van der Waals surface area contributed by atoms with E-state index < -0.39 is 0 Å². The van der Waals surface area contributed by atoms with Crippen LogP contribution in [0.3, 0.4) is 0 Å². The van der Waals surface area contributed by atoms with Crippen molar-refractivity contribution in [2.75, 3.05) is 43.9 Å². The van der Waals surface area contributed by atoms with Gasteiger partial charge in [-0.2, -0.15) is 12.6 Å². The SMILES string of the molecule is CCCCN(CCS)C1CCN(c2ccc(/C=C/C(C)=C/C=C\C=NC)cc2)CC1. The van der Waals surface area contributed by atoms with Gasteiger partial charge in [-0.05, 0) is 56.5 Å². The minimum atomic E-state index is 0.717. The standard InChI is InChI=1S/C26H39N3S/c1-4-5-18-28(21-22-30)26-15-19-29(20-16-26)25-13-11-24(12-14-25)10-9-23(2)8-6-7-17-27-3/h6-14,17,26,30H,4-5,15-16,18-22H2,1-3H3/b7-6-,10-9+,23-8+,27-17?. The van der Waals surface area contributed by atoms with Crippen molar-refractivity contribution in [2.24, 2.45) is 4.99 Å². The van der Waals surface area contributed by atoms with Gasteiger partial charge in [0.25, 0.3) is 0 Å². The van der Waals surface area contributed by atoms with E-state index in [9.17, 15) is 0 Å². The lowest BCUT2D eigenvalue weighted by Gasteiger charge is -2.39. The molecule has 0 N–H and O–H groups in total. The number of thiol groups is 1. The normalized spacial score (nSPS) is 16.7. The van der Waals surface area contributed by atoms with E-state index in [1.165, 1.54) is 49.1 Å². The molecular formula is C26H39N3S. The van der Waals surface area contributed by atoms with Gasteiger partial charge in [0.2, 0.25) is 0 Å². The van der Waals surface area contributed by atoms with E-state index in [-0.39, 0.29) is 0 Å². The molecule has 1 aromatic rings. The van der Waals surface area contributed by atoms with E-state index in [0.29, 0.717) is 0 Å². The molecule has 30 heavy (non-hydrogen) atoms. The maximum Gasteiger partial charge on any atom is 0.0366 e. The summed E-state index contributed by atoms with van der Waals surface area (Å²) in [4.78, 5) is 9.14. The number of unbranched alkanes of at least 4 members (excludes halogenated alkanes) is 1. The van der Waals surface area contributed by atoms with Crippen LogP contribution < -0.4 is 4.90 Å². The summed E-state index contributed by atoms with van der Waals surface area (Å²) in [5.41, 5.74) is 3.80. The lowest BCUT2D eigenvalue weighted by Crippen LogP contribution is -2.46. The number of hydrogen-bond acceptors (Lipinski definition) is 4. The monoisotopic (exact) mass is 425 g/mol. The predicted octanol–water partition coefficient (Wildman–Crippen LogP) is 5.90. The molecule has 3 nitrogen and oxygen atoms in total. The fourth-order valence-corrected chi connectivity index (χ4v) is 4.14. The van der Waals surface area contributed by atoms with Crippen LogP contribution in [0.1, 0.15) is 45.1 Å². The molecular weight excluding hydrogens is 386 g/mol. The average molecular weight is 426 g/mol. The van der Waals surface area contributed by atoms with Gasteiger partial charge >= 0.3 is 0 Å². The van der Waals surface area contributed by atoms with E-state index in [2.05, 4.69) is 83.8 Å². The molecule has 1 aliphatic heterocycles. The molecule has 0 bridgehead atoms. The van der Waals surface area contributed by atoms with Gasteiger partial charge in [-0.15, -0.1) is 0 Å². The third-order valence-corrected chi connectivity index (χ3v) is 5.87. The zero-order chi connectivity index (χ0) is 21.6. The number of piperidine rings is 1. The van der Waals surface area contributed by atoms with Crippen LogP contribution in [0.2, 0.25) is 0 Å². The molecule has 1 fully saturated rings. The Morgan fingerprint density at radius 3 is 2.53 bits per heavy atom. The van der Waals surface area contributed by atoms with Crippen LogP contribution in [0, 0.1) is 0 Å². The van der Waals surface area contributed by atoms with Gasteiger partial charge in [0.15, 0.2) is 0 Å². The number of hydrogen-bond donors (Lipinski definition) is 1. The Bertz CT molecular complexity index is 710. The highest BCUT2D eigenvalue weighted by atomic mass is 32.1. The van der Waals surface area contributed by atoms with Gasteiger partial charge in [-0.1, -0.05) is 55.4 Å². The molecule has 0 atom stereocenters. The van der Waals surface area contributed by atoms with Crippen molar-refractivity contribution in [3.05, 3.63) is 59.7 Å². The third-order valence-electron chi connectivity index (χ3n) is 5.67. The zero-order valence-electron chi connectivity index (χ0n) is 19.0. The van der Waals surface area contributed by atoms with Gasteiger partial charge < -0.3 is 4.90 Å². The molecule has 1 heterocycles. The summed E-state index contributed by atoms with van der Waals surface area (Å²) >= 11 is 4.47. The van der Waals surface area contributed by atoms with E-state index in [0.717, 1.165) is 31.4 Å². The summed E-state index contributed by atoms with van der Waals surface area (Å²) < 4.78 is 0. The van der Waals surface area contributed by atoms with Crippen molar-refractivity contribution in [1.29, 1.82) is 0 Å². The quantitative estimate of drug-likeness (QED) is 0.270. The first-order valence-corrected chi connectivity index (χ1v) is 11.9. The number of anilines is 1. The summed E-state index contributed by atoms with van der Waals surface area (Å²) in [5, 5.41) is 0. The lowest BCUT2D eigenvalue weighted by atomic mass is 10.0. The maximum atomic E-state index is 4.47. The van der Waals surface area contributed by atoms with Gasteiger partial charge in [-0.3, -0.25) is 9.89 Å². The van der Waals surface area contributed by atoms with E-state index in [4.69, 9.17) is 0 Å². The minimum absolute atomic E-state index is 0.717. The van der Waals surface area contributed by atoms with Crippen molar-refractivity contribution in [2.45, 2.75) is 45.6 Å². The van der Waals surface area contributed by atoms with Crippen LogP contribution in [0.25, 0.3) is 6.08 Å². The van der Waals surface area contributed by atoms with Crippen molar-refractivity contribution in [1.82, 2.24) is 4.90 Å². The smallest absolute Gasteiger partial charge is 0.0366 e. The number of aliphatic imine (C=N–C) groups is 1. The Kier molecular flexibility index (Phi) is 11.6. The average Bonchev–Trinajstić information content (AvgIpc) is 2.78. The second kappa shape index (κ2) is 14.3. The second-order valence-electron chi connectivity index (χ2n) is 7.96. The molecule has 0 saturated carbocycles. The predicted molar refractivity (Wildman–Crippen MR) is 138 cm³/mol. The van der Waals surface area contributed by atoms with Crippen LogP contribution in [0.15, 0.2) is 59.1 Å². The fraction of sp³-hybridized carbons (Fsp3) is 0.500. The van der Waals surface area contributed by atoms with Gasteiger partial charge in [0, 0.05) is 50.4 Å². The minimum Gasteiger partial charge on any atom is -0.371 e. The van der Waals surface area contributed by atoms with Crippen LogP contribution in [-0.4, -0.2) is 56.1 Å². The molecule has 4 heteroatoms. The number of rotatable bonds is 11. The van der Waals surface area contributed by atoms with Crippen LogP contribution in [0.5, 0.6) is 0 Å². The molecule has 0 radical (unpaired) electrons. The summed E-state index contributed by atoms with van der Waals surface area (Å²) in [6, 6.07) is 9.69. The highest BCUT2D eigenvalue weighted by Gasteiger charge is 2.24. The zero-order valence-corrected chi connectivity index (χ0v) is 19.9. The first-order valence-electron chi connectivity index (χ1n) is 11.3. The molecule has 0 aromatic heterocycles. The Labute approximate surface area is 189 Å². The Morgan fingerprint density at radius 2 is 1.90 bits per heavy atom. The van der Waals surface area contributed by atoms with E-state index in [1.807, 2.05) is 12.2 Å². The number of nitrogens with zero attached hydrogens (tertiary/aromatic N) is 3. The lowest BCUT2D eigenvalue weighted by molar-refractivity contribution is 0.176. The molecule has 164 valence electrons. The molecule has 0 aliphatic carbocycles. The van der Waals surface area contributed by atoms with Gasteiger partial charge in [0.1, 0.15) is 0 Å². The summed E-state index contributed by atoms with van der Waals surface area (Å²) in [6.07, 6.45) is 17.2. The maximum absolute atomic E-state index is 4.47. The molecule has 2 rings (SSSR count). The van der Waals surface area contributed by atoms with Crippen molar-refractivity contribution < 1.29 is 0 Å². The van der Waals surface area contributed by atoms with Gasteiger partial charge in [0.05, 0.1) is 0 Å². The molecule has 0 amide bonds. The molecule has 1 saturated heterocycles. The van der Waals surface area contributed by atoms with Crippen molar-refractivity contribution in [3.8, 4) is 0 Å². The molecule has 1 aliphatic rings. The van der Waals surface area contributed by atoms with Crippen LogP contribution in [-0.2, 0) is 0 Å². The summed E-state index contributed by atoms with van der Waals surface area (Å²) in [5.74, 6) is 0.955. The van der Waals surface area contributed by atoms with E-state index in [1.54, 1.807) is 13.3 Å². The first-order chi connectivity index (χ1) is 14.7.